The first-order valence-electron chi connectivity index (χ1n) is 14.7. The molecule has 210 valence electrons. The van der Waals surface area contributed by atoms with E-state index in [9.17, 15) is 20.4 Å². The second-order valence-electron chi connectivity index (χ2n) is 11.5. The largest absolute Gasteiger partial charge is 0.394 e. The smallest absolute Gasteiger partial charge is 0.186 e. The molecule has 1 heterocycles. The summed E-state index contributed by atoms with van der Waals surface area (Å²) in [5, 5.41) is 39.1. The number of rotatable bonds is 22. The van der Waals surface area contributed by atoms with Crippen LogP contribution in [0.2, 0.25) is 25.2 Å². The summed E-state index contributed by atoms with van der Waals surface area (Å²) in [5.74, 6) is 0. The number of hydrogen-bond donors (Lipinski definition) is 4. The van der Waals surface area contributed by atoms with Gasteiger partial charge < -0.3 is 29.9 Å². The Hall–Kier alpha value is -0.0231. The van der Waals surface area contributed by atoms with Crippen LogP contribution < -0.4 is 0 Å². The van der Waals surface area contributed by atoms with Crippen LogP contribution in [0.15, 0.2) is 0 Å². The zero-order chi connectivity index (χ0) is 25.9. The highest BCUT2D eigenvalue weighted by Crippen LogP contribution is 2.24. The maximum Gasteiger partial charge on any atom is 0.186 e. The van der Waals surface area contributed by atoms with Gasteiger partial charge in [0, 0.05) is 14.7 Å². The van der Waals surface area contributed by atoms with E-state index >= 15 is 0 Å². The molecule has 4 N–H and O–H groups in total. The van der Waals surface area contributed by atoms with Gasteiger partial charge in [0.05, 0.1) is 6.61 Å². The highest BCUT2D eigenvalue weighted by Gasteiger charge is 2.44. The first kappa shape index (κ1) is 33.0. The molecular weight excluding hydrogens is 460 g/mol. The molecule has 0 radical (unpaired) electrons. The molecule has 0 aromatic rings. The molecule has 0 aromatic carbocycles. The van der Waals surface area contributed by atoms with E-state index in [0.717, 1.165) is 6.04 Å². The van der Waals surface area contributed by atoms with E-state index in [1.807, 2.05) is 0 Å². The Bertz CT molecular complexity index is 490. The van der Waals surface area contributed by atoms with Crippen LogP contribution in [0.1, 0.15) is 110 Å². The summed E-state index contributed by atoms with van der Waals surface area (Å²) in [6.45, 7) is 7.05. The van der Waals surface area contributed by atoms with Crippen molar-refractivity contribution in [3.63, 3.8) is 0 Å². The summed E-state index contributed by atoms with van der Waals surface area (Å²) >= 11 is 0. The molecule has 0 amide bonds. The standard InChI is InChI=1S/C28H58O6Si/c1-4-5-6-7-8-9-10-11-12-13-14-15-16-17-18-19-21-35(2,3)22-20-33-28-27(32)26(31)25(30)24(23-29)34-28/h24-32H,4-23H2,1-3H3/t24-,25+,26+,27-,28+/m1/s1. The number of unbranched alkanes of at least 4 members (excludes halogenated alkanes) is 15. The first-order chi connectivity index (χ1) is 16.8. The monoisotopic (exact) mass is 518 g/mol. The molecule has 0 saturated carbocycles. The SMILES string of the molecule is CCCCCCCCCCCCCCCCCC[Si](C)(C)CCO[C@H]1O[C@H](CO)[C@H](O)[C@H](O)[C@H]1O. The zero-order valence-electron chi connectivity index (χ0n) is 23.1. The van der Waals surface area contributed by atoms with Gasteiger partial charge in [0.2, 0.25) is 0 Å². The second-order valence-corrected chi connectivity index (χ2v) is 16.9. The maximum atomic E-state index is 10.1. The molecule has 1 rings (SSSR count). The Balaban J connectivity index is 1.96. The fraction of sp³-hybridized carbons (Fsp3) is 1.00. The molecule has 1 aliphatic rings. The highest BCUT2D eigenvalue weighted by atomic mass is 28.3. The summed E-state index contributed by atoms with van der Waals surface area (Å²) < 4.78 is 11.1. The van der Waals surface area contributed by atoms with Gasteiger partial charge in [-0.1, -0.05) is 129 Å². The Labute approximate surface area is 216 Å². The van der Waals surface area contributed by atoms with Gasteiger partial charge in [-0.15, -0.1) is 0 Å². The third-order valence-electron chi connectivity index (χ3n) is 7.62. The van der Waals surface area contributed by atoms with Crippen LogP contribution in [0.5, 0.6) is 0 Å². The fourth-order valence-electron chi connectivity index (χ4n) is 4.93. The second kappa shape index (κ2) is 20.0. The first-order valence-corrected chi connectivity index (χ1v) is 18.2. The van der Waals surface area contributed by atoms with E-state index in [-0.39, 0.29) is 0 Å². The van der Waals surface area contributed by atoms with Crippen LogP contribution >= 0.6 is 0 Å². The van der Waals surface area contributed by atoms with Gasteiger partial charge in [0.25, 0.3) is 0 Å². The molecule has 5 atom stereocenters. The number of aliphatic hydroxyl groups is 4. The van der Waals surface area contributed by atoms with Crippen LogP contribution in [-0.4, -0.2) is 72.4 Å². The molecule has 7 heteroatoms. The van der Waals surface area contributed by atoms with Crippen molar-refractivity contribution in [2.24, 2.45) is 0 Å². The molecular formula is C28H58O6Si. The topological polar surface area (TPSA) is 99.4 Å². The van der Waals surface area contributed by atoms with Crippen molar-refractivity contribution < 1.29 is 29.9 Å². The normalized spacial score (nSPS) is 25.3. The molecule has 0 aliphatic carbocycles. The van der Waals surface area contributed by atoms with E-state index in [4.69, 9.17) is 9.47 Å². The molecule has 1 saturated heterocycles. The lowest BCUT2D eigenvalue weighted by Crippen LogP contribution is -2.59. The molecule has 1 fully saturated rings. The quantitative estimate of drug-likeness (QED) is 0.107. The minimum atomic E-state index is -1.40. The third-order valence-corrected chi connectivity index (χ3v) is 10.9. The van der Waals surface area contributed by atoms with Crippen molar-refractivity contribution in [2.45, 2.75) is 166 Å². The molecule has 1 aliphatic heterocycles. The van der Waals surface area contributed by atoms with Gasteiger partial charge in [-0.25, -0.2) is 0 Å². The lowest BCUT2D eigenvalue weighted by atomic mass is 9.99. The third kappa shape index (κ3) is 15.1. The van der Waals surface area contributed by atoms with Crippen LogP contribution in [0.3, 0.4) is 0 Å². The number of ether oxygens (including phenoxy) is 2. The molecule has 6 nitrogen and oxygen atoms in total. The van der Waals surface area contributed by atoms with E-state index in [1.54, 1.807) is 0 Å². The summed E-state index contributed by atoms with van der Waals surface area (Å²) in [6, 6.07) is 2.23. The van der Waals surface area contributed by atoms with Crippen molar-refractivity contribution in [3.05, 3.63) is 0 Å². The predicted molar refractivity (Wildman–Crippen MR) is 146 cm³/mol. The molecule has 0 bridgehead atoms. The van der Waals surface area contributed by atoms with Crippen LogP contribution in [0, 0.1) is 0 Å². The van der Waals surface area contributed by atoms with E-state index in [1.165, 1.54) is 109 Å². The summed E-state index contributed by atoms with van der Waals surface area (Å²) in [5.41, 5.74) is 0. The summed E-state index contributed by atoms with van der Waals surface area (Å²) in [7, 11) is -1.40. The highest BCUT2D eigenvalue weighted by molar-refractivity contribution is 6.77. The van der Waals surface area contributed by atoms with Gasteiger partial charge in [-0.05, 0) is 6.04 Å². The molecule has 0 spiro atoms. The Morgan fingerprint density at radius 2 is 1.09 bits per heavy atom. The summed E-state index contributed by atoms with van der Waals surface area (Å²) in [6.07, 6.45) is 16.3. The Kier molecular flexibility index (Phi) is 18.9. The summed E-state index contributed by atoms with van der Waals surface area (Å²) in [4.78, 5) is 0. The minimum absolute atomic E-state index is 0.426. The lowest BCUT2D eigenvalue weighted by Gasteiger charge is -2.39. The van der Waals surface area contributed by atoms with Crippen molar-refractivity contribution in [3.8, 4) is 0 Å². The van der Waals surface area contributed by atoms with Gasteiger partial charge in [-0.3, -0.25) is 0 Å². The van der Waals surface area contributed by atoms with E-state index in [0.29, 0.717) is 6.61 Å². The van der Waals surface area contributed by atoms with Gasteiger partial charge in [-0.2, -0.15) is 0 Å². The number of hydrogen-bond acceptors (Lipinski definition) is 6. The maximum absolute atomic E-state index is 10.1. The van der Waals surface area contributed by atoms with Crippen molar-refractivity contribution in [1.82, 2.24) is 0 Å². The Morgan fingerprint density at radius 3 is 1.54 bits per heavy atom. The van der Waals surface area contributed by atoms with Crippen molar-refractivity contribution in [1.29, 1.82) is 0 Å². The lowest BCUT2D eigenvalue weighted by molar-refractivity contribution is -0.300. The predicted octanol–water partition coefficient (Wildman–Crippen LogP) is 5.77. The van der Waals surface area contributed by atoms with E-state index < -0.39 is 45.4 Å². The van der Waals surface area contributed by atoms with Crippen LogP contribution in [0.25, 0.3) is 0 Å². The Morgan fingerprint density at radius 1 is 0.629 bits per heavy atom. The van der Waals surface area contributed by atoms with Gasteiger partial charge in [0.1, 0.15) is 24.4 Å². The van der Waals surface area contributed by atoms with Crippen molar-refractivity contribution >= 4 is 8.07 Å². The average Bonchev–Trinajstić information content (AvgIpc) is 2.83. The molecule has 0 unspecified atom stereocenters. The van der Waals surface area contributed by atoms with E-state index in [2.05, 4.69) is 20.0 Å². The average molecular weight is 519 g/mol. The van der Waals surface area contributed by atoms with Crippen LogP contribution in [0.4, 0.5) is 0 Å². The van der Waals surface area contributed by atoms with Gasteiger partial charge in [0.15, 0.2) is 6.29 Å². The zero-order valence-corrected chi connectivity index (χ0v) is 24.1. The molecule has 0 aromatic heterocycles. The van der Waals surface area contributed by atoms with Crippen LogP contribution in [-0.2, 0) is 9.47 Å². The van der Waals surface area contributed by atoms with Crippen molar-refractivity contribution in [2.75, 3.05) is 13.2 Å². The minimum Gasteiger partial charge on any atom is -0.394 e. The molecule has 35 heavy (non-hydrogen) atoms. The van der Waals surface area contributed by atoms with Gasteiger partial charge >= 0.3 is 0 Å². The fourth-order valence-corrected chi connectivity index (χ4v) is 7.06. The number of aliphatic hydroxyl groups excluding tert-OH is 4.